The second-order valence-corrected chi connectivity index (χ2v) is 7.68. The van der Waals surface area contributed by atoms with Gasteiger partial charge in [-0.2, -0.15) is 0 Å². The van der Waals surface area contributed by atoms with E-state index in [9.17, 15) is 14.7 Å². The Hall–Kier alpha value is -1.85. The number of aromatic nitrogens is 2. The van der Waals surface area contributed by atoms with Gasteiger partial charge in [-0.15, -0.1) is 0 Å². The maximum absolute atomic E-state index is 13.2. The van der Waals surface area contributed by atoms with Gasteiger partial charge in [0.15, 0.2) is 0 Å². The molecule has 0 saturated heterocycles. The topological polar surface area (TPSA) is 76.6 Å². The molecule has 0 bridgehead atoms. The van der Waals surface area contributed by atoms with Crippen molar-refractivity contribution in [3.8, 4) is 5.88 Å². The summed E-state index contributed by atoms with van der Waals surface area (Å²) < 4.78 is 2.91. The molecule has 0 spiro atoms. The molecule has 26 heavy (non-hydrogen) atoms. The predicted octanol–water partition coefficient (Wildman–Crippen LogP) is 3.55. The van der Waals surface area contributed by atoms with Crippen molar-refractivity contribution in [1.29, 1.82) is 0 Å². The van der Waals surface area contributed by atoms with Crippen LogP contribution in [0.1, 0.15) is 95.2 Å². The van der Waals surface area contributed by atoms with E-state index in [2.05, 4.69) is 4.99 Å². The molecule has 0 amide bonds. The van der Waals surface area contributed by atoms with Crippen molar-refractivity contribution in [3.63, 3.8) is 0 Å². The molecule has 1 aromatic rings. The number of rotatable bonds is 5. The third kappa shape index (κ3) is 3.79. The smallest absolute Gasteiger partial charge is 0.334 e. The molecule has 2 aliphatic carbocycles. The molecule has 6 nitrogen and oxygen atoms in total. The standard InChI is InChI=1S/C20H31N3O3/c1-2-13-21-14-17-18(24)22(15-9-5-3-6-10-15)20(26)23(19(17)25)16-11-7-4-8-12-16/h14-16,24H,2-13H2,1H3. The van der Waals surface area contributed by atoms with Crippen LogP contribution < -0.4 is 11.2 Å². The van der Waals surface area contributed by atoms with Gasteiger partial charge >= 0.3 is 5.69 Å². The normalized spacial score (nSPS) is 20.0. The van der Waals surface area contributed by atoms with Crippen LogP contribution in [-0.2, 0) is 0 Å². The molecule has 2 fully saturated rings. The largest absolute Gasteiger partial charge is 0.494 e. The van der Waals surface area contributed by atoms with Gasteiger partial charge in [-0.05, 0) is 32.1 Å². The number of aromatic hydroxyl groups is 1. The van der Waals surface area contributed by atoms with Crippen molar-refractivity contribution < 1.29 is 5.11 Å². The lowest BCUT2D eigenvalue weighted by Crippen LogP contribution is -2.45. The van der Waals surface area contributed by atoms with Crippen LogP contribution >= 0.6 is 0 Å². The van der Waals surface area contributed by atoms with Crippen LogP contribution in [0.3, 0.4) is 0 Å². The third-order valence-corrected chi connectivity index (χ3v) is 5.78. The molecule has 0 unspecified atom stereocenters. The first-order valence-electron chi connectivity index (χ1n) is 10.2. The van der Waals surface area contributed by atoms with Gasteiger partial charge in [0.1, 0.15) is 5.56 Å². The molecule has 144 valence electrons. The van der Waals surface area contributed by atoms with Gasteiger partial charge in [0.25, 0.3) is 5.56 Å². The fourth-order valence-electron chi connectivity index (χ4n) is 4.38. The average Bonchev–Trinajstić information content (AvgIpc) is 2.66. The van der Waals surface area contributed by atoms with E-state index >= 15 is 0 Å². The summed E-state index contributed by atoms with van der Waals surface area (Å²) in [7, 11) is 0. The molecule has 0 atom stereocenters. The average molecular weight is 361 g/mol. The maximum atomic E-state index is 13.2. The lowest BCUT2D eigenvalue weighted by molar-refractivity contribution is 0.271. The van der Waals surface area contributed by atoms with Crippen molar-refractivity contribution >= 4 is 6.21 Å². The van der Waals surface area contributed by atoms with Crippen LogP contribution in [0.15, 0.2) is 14.6 Å². The van der Waals surface area contributed by atoms with Gasteiger partial charge in [0.2, 0.25) is 5.88 Å². The highest BCUT2D eigenvalue weighted by molar-refractivity contribution is 5.82. The first kappa shape index (κ1) is 18.9. The quantitative estimate of drug-likeness (QED) is 0.815. The fourth-order valence-corrected chi connectivity index (χ4v) is 4.38. The van der Waals surface area contributed by atoms with Crippen molar-refractivity contribution in [2.24, 2.45) is 4.99 Å². The molecule has 2 saturated carbocycles. The van der Waals surface area contributed by atoms with Gasteiger partial charge in [0.05, 0.1) is 0 Å². The van der Waals surface area contributed by atoms with Crippen molar-refractivity contribution in [2.45, 2.75) is 89.6 Å². The van der Waals surface area contributed by atoms with Crippen LogP contribution in [0, 0.1) is 0 Å². The zero-order valence-corrected chi connectivity index (χ0v) is 15.8. The summed E-state index contributed by atoms with van der Waals surface area (Å²) in [5, 5.41) is 10.8. The highest BCUT2D eigenvalue weighted by Gasteiger charge is 2.28. The van der Waals surface area contributed by atoms with E-state index in [0.29, 0.717) is 6.54 Å². The molecular formula is C20H31N3O3. The first-order valence-corrected chi connectivity index (χ1v) is 10.2. The minimum atomic E-state index is -0.383. The maximum Gasteiger partial charge on any atom is 0.334 e. The summed E-state index contributed by atoms with van der Waals surface area (Å²) in [4.78, 5) is 30.5. The van der Waals surface area contributed by atoms with Gasteiger partial charge < -0.3 is 5.11 Å². The Morgan fingerprint density at radius 2 is 1.50 bits per heavy atom. The molecule has 1 heterocycles. The van der Waals surface area contributed by atoms with Crippen LogP contribution in [0.25, 0.3) is 0 Å². The Morgan fingerprint density at radius 3 is 2.04 bits per heavy atom. The Morgan fingerprint density at radius 1 is 0.962 bits per heavy atom. The van der Waals surface area contributed by atoms with E-state index < -0.39 is 0 Å². The van der Waals surface area contributed by atoms with Crippen molar-refractivity contribution in [1.82, 2.24) is 9.13 Å². The fraction of sp³-hybridized carbons (Fsp3) is 0.750. The van der Waals surface area contributed by atoms with E-state index in [1.807, 2.05) is 6.92 Å². The molecule has 3 rings (SSSR count). The van der Waals surface area contributed by atoms with Gasteiger partial charge in [0, 0.05) is 24.8 Å². The zero-order chi connectivity index (χ0) is 18.5. The SMILES string of the molecule is CCCN=Cc1c(O)n(C2CCCCC2)c(=O)n(C2CCCCC2)c1=O. The summed E-state index contributed by atoms with van der Waals surface area (Å²) in [5.41, 5.74) is -0.542. The van der Waals surface area contributed by atoms with E-state index in [1.54, 1.807) is 0 Å². The summed E-state index contributed by atoms with van der Waals surface area (Å²) in [6.07, 6.45) is 12.3. The molecule has 0 aliphatic heterocycles. The van der Waals surface area contributed by atoms with E-state index in [0.717, 1.165) is 64.2 Å². The molecule has 2 aliphatic rings. The second-order valence-electron chi connectivity index (χ2n) is 7.68. The van der Waals surface area contributed by atoms with Gasteiger partial charge in [-0.1, -0.05) is 45.4 Å². The van der Waals surface area contributed by atoms with E-state index in [1.165, 1.54) is 21.8 Å². The zero-order valence-electron chi connectivity index (χ0n) is 15.8. The third-order valence-electron chi connectivity index (χ3n) is 5.78. The van der Waals surface area contributed by atoms with Crippen molar-refractivity contribution in [3.05, 3.63) is 26.4 Å². The first-order chi connectivity index (χ1) is 12.6. The lowest BCUT2D eigenvalue weighted by Gasteiger charge is -2.29. The Bertz CT molecular complexity index is 751. The van der Waals surface area contributed by atoms with Gasteiger partial charge in [-0.3, -0.25) is 18.9 Å². The highest BCUT2D eigenvalue weighted by atomic mass is 16.3. The van der Waals surface area contributed by atoms with Crippen LogP contribution in [0.2, 0.25) is 0 Å². The summed E-state index contributed by atoms with van der Waals surface area (Å²) in [6, 6.07) is -0.0810. The Labute approximate surface area is 154 Å². The summed E-state index contributed by atoms with van der Waals surface area (Å²) in [6.45, 7) is 2.62. The summed E-state index contributed by atoms with van der Waals surface area (Å²) in [5.74, 6) is -0.196. The second kappa shape index (κ2) is 8.69. The van der Waals surface area contributed by atoms with E-state index in [4.69, 9.17) is 0 Å². The van der Waals surface area contributed by atoms with Crippen molar-refractivity contribution in [2.75, 3.05) is 6.54 Å². The molecular weight excluding hydrogens is 330 g/mol. The molecule has 0 radical (unpaired) electrons. The Balaban J connectivity index is 2.14. The predicted molar refractivity (Wildman–Crippen MR) is 104 cm³/mol. The number of nitrogens with zero attached hydrogens (tertiary/aromatic N) is 3. The molecule has 6 heteroatoms. The van der Waals surface area contributed by atoms with Crippen LogP contribution in [-0.4, -0.2) is 27.0 Å². The molecule has 1 N–H and O–H groups in total. The number of hydrogen-bond donors (Lipinski definition) is 1. The minimum absolute atomic E-state index is 0.0231. The van der Waals surface area contributed by atoms with Crippen LogP contribution in [0.4, 0.5) is 0 Å². The van der Waals surface area contributed by atoms with Crippen LogP contribution in [0.5, 0.6) is 5.88 Å². The summed E-state index contributed by atoms with van der Waals surface area (Å²) >= 11 is 0. The lowest BCUT2D eigenvalue weighted by atomic mass is 9.94. The minimum Gasteiger partial charge on any atom is -0.494 e. The monoisotopic (exact) mass is 361 g/mol. The van der Waals surface area contributed by atoms with Gasteiger partial charge in [-0.25, -0.2) is 4.79 Å². The van der Waals surface area contributed by atoms with E-state index in [-0.39, 0.29) is 34.8 Å². The molecule has 0 aromatic carbocycles. The Kier molecular flexibility index (Phi) is 6.33. The highest BCUT2D eigenvalue weighted by Crippen LogP contribution is 2.31. The number of hydrogen-bond acceptors (Lipinski definition) is 4. The molecule has 1 aromatic heterocycles. The number of aliphatic imine (C=N–C) groups is 1.